The van der Waals surface area contributed by atoms with E-state index in [2.05, 4.69) is 4.98 Å². The van der Waals surface area contributed by atoms with E-state index >= 15 is 0 Å². The van der Waals surface area contributed by atoms with Crippen LogP contribution >= 0.6 is 11.6 Å². The second-order valence-corrected chi connectivity index (χ2v) is 5.14. The largest absolute Gasteiger partial charge is 0.465 e. The molecule has 1 aromatic heterocycles. The number of benzene rings is 1. The molecule has 1 aromatic carbocycles. The summed E-state index contributed by atoms with van der Waals surface area (Å²) in [6.07, 6.45) is 3.50. The standard InChI is InChI=1S/C15H13ClN2O2/c16-13-3-6-17-14-2-1-11(9-12(13)14)10-4-7-18(8-5-10)15(19)20/h1-4,6,9H,5,7-8H2,(H,19,20). The van der Waals surface area contributed by atoms with E-state index in [1.54, 1.807) is 12.3 Å². The fourth-order valence-electron chi connectivity index (χ4n) is 2.42. The summed E-state index contributed by atoms with van der Waals surface area (Å²) in [5.41, 5.74) is 3.10. The highest BCUT2D eigenvalue weighted by Gasteiger charge is 2.17. The summed E-state index contributed by atoms with van der Waals surface area (Å²) in [5, 5.41) is 10.5. The van der Waals surface area contributed by atoms with Gasteiger partial charge in [-0.25, -0.2) is 4.79 Å². The zero-order chi connectivity index (χ0) is 14.1. The van der Waals surface area contributed by atoms with Gasteiger partial charge in [0.15, 0.2) is 0 Å². The molecular formula is C15H13ClN2O2. The Labute approximate surface area is 121 Å². The fourth-order valence-corrected chi connectivity index (χ4v) is 2.63. The molecule has 0 bridgehead atoms. The second-order valence-electron chi connectivity index (χ2n) is 4.73. The average molecular weight is 289 g/mol. The van der Waals surface area contributed by atoms with E-state index in [1.165, 1.54) is 4.90 Å². The van der Waals surface area contributed by atoms with Crippen molar-refractivity contribution in [1.29, 1.82) is 0 Å². The Bertz CT molecular complexity index is 712. The molecule has 0 saturated carbocycles. The molecule has 1 aliphatic heterocycles. The topological polar surface area (TPSA) is 53.4 Å². The van der Waals surface area contributed by atoms with Gasteiger partial charge in [-0.3, -0.25) is 4.98 Å². The maximum Gasteiger partial charge on any atom is 0.407 e. The molecule has 0 saturated heterocycles. The van der Waals surface area contributed by atoms with Crippen LogP contribution < -0.4 is 0 Å². The van der Waals surface area contributed by atoms with Gasteiger partial charge in [-0.2, -0.15) is 0 Å². The maximum absolute atomic E-state index is 10.9. The monoisotopic (exact) mass is 288 g/mol. The highest BCUT2D eigenvalue weighted by Crippen LogP contribution is 2.28. The Morgan fingerprint density at radius 2 is 2.20 bits per heavy atom. The molecule has 0 radical (unpaired) electrons. The summed E-state index contributed by atoms with van der Waals surface area (Å²) in [4.78, 5) is 16.6. The zero-order valence-electron chi connectivity index (χ0n) is 10.7. The molecule has 20 heavy (non-hydrogen) atoms. The SMILES string of the molecule is O=C(O)N1CC=C(c2ccc3nccc(Cl)c3c2)CC1. The molecule has 1 amide bonds. The molecule has 1 aliphatic rings. The van der Waals surface area contributed by atoms with Gasteiger partial charge >= 0.3 is 6.09 Å². The summed E-state index contributed by atoms with van der Waals surface area (Å²) in [6.45, 7) is 0.962. The first-order valence-electron chi connectivity index (χ1n) is 6.37. The van der Waals surface area contributed by atoms with Gasteiger partial charge < -0.3 is 10.0 Å². The number of hydrogen-bond acceptors (Lipinski definition) is 2. The third kappa shape index (κ3) is 2.34. The average Bonchev–Trinajstić information content (AvgIpc) is 2.47. The van der Waals surface area contributed by atoms with Crippen LogP contribution in [0, 0.1) is 0 Å². The summed E-state index contributed by atoms with van der Waals surface area (Å²) < 4.78 is 0. The van der Waals surface area contributed by atoms with Crippen molar-refractivity contribution in [2.75, 3.05) is 13.1 Å². The number of amides is 1. The predicted octanol–water partition coefficient (Wildman–Crippen LogP) is 3.66. The molecule has 4 nitrogen and oxygen atoms in total. The van der Waals surface area contributed by atoms with E-state index in [0.29, 0.717) is 18.1 Å². The zero-order valence-corrected chi connectivity index (χ0v) is 11.5. The molecular weight excluding hydrogens is 276 g/mol. The number of pyridine rings is 1. The van der Waals surface area contributed by atoms with E-state index in [-0.39, 0.29) is 0 Å². The Kier molecular flexibility index (Phi) is 3.32. The van der Waals surface area contributed by atoms with Crippen LogP contribution in [-0.4, -0.2) is 34.2 Å². The van der Waals surface area contributed by atoms with Gasteiger partial charge in [0, 0.05) is 24.7 Å². The van der Waals surface area contributed by atoms with E-state index in [9.17, 15) is 4.79 Å². The molecule has 1 N–H and O–H groups in total. The van der Waals surface area contributed by atoms with Gasteiger partial charge in [-0.15, -0.1) is 0 Å². The van der Waals surface area contributed by atoms with Gasteiger partial charge in [0.25, 0.3) is 0 Å². The lowest BCUT2D eigenvalue weighted by atomic mass is 9.98. The molecule has 2 heterocycles. The van der Waals surface area contributed by atoms with Gasteiger partial charge in [-0.1, -0.05) is 23.7 Å². The molecule has 0 unspecified atom stereocenters. The second kappa shape index (κ2) is 5.13. The highest BCUT2D eigenvalue weighted by atomic mass is 35.5. The van der Waals surface area contributed by atoms with Crippen LogP contribution in [0.1, 0.15) is 12.0 Å². The number of halogens is 1. The van der Waals surface area contributed by atoms with E-state index < -0.39 is 6.09 Å². The molecule has 3 rings (SSSR count). The van der Waals surface area contributed by atoms with Crippen molar-refractivity contribution in [3.05, 3.63) is 47.1 Å². The van der Waals surface area contributed by atoms with Crippen molar-refractivity contribution in [2.45, 2.75) is 6.42 Å². The number of carbonyl (C=O) groups is 1. The molecule has 102 valence electrons. The third-order valence-corrected chi connectivity index (χ3v) is 3.87. The predicted molar refractivity (Wildman–Crippen MR) is 78.9 cm³/mol. The van der Waals surface area contributed by atoms with Gasteiger partial charge in [0.2, 0.25) is 0 Å². The number of carboxylic acid groups (broad SMARTS) is 1. The van der Waals surface area contributed by atoms with Crippen LogP contribution in [0.3, 0.4) is 0 Å². The molecule has 0 spiro atoms. The van der Waals surface area contributed by atoms with Crippen molar-refractivity contribution < 1.29 is 9.90 Å². The quantitative estimate of drug-likeness (QED) is 0.871. The highest BCUT2D eigenvalue weighted by molar-refractivity contribution is 6.35. The smallest absolute Gasteiger partial charge is 0.407 e. The Morgan fingerprint density at radius 3 is 2.90 bits per heavy atom. The Hall–Kier alpha value is -2.07. The summed E-state index contributed by atoms with van der Waals surface area (Å²) >= 11 is 6.19. The van der Waals surface area contributed by atoms with Crippen LogP contribution in [0.4, 0.5) is 4.79 Å². The normalized spacial score (nSPS) is 15.2. The molecule has 0 aliphatic carbocycles. The van der Waals surface area contributed by atoms with Crippen LogP contribution in [0.25, 0.3) is 16.5 Å². The summed E-state index contributed by atoms with van der Waals surface area (Å²) in [7, 11) is 0. The minimum absolute atomic E-state index is 0.434. The van der Waals surface area contributed by atoms with Crippen LogP contribution in [-0.2, 0) is 0 Å². The minimum atomic E-state index is -0.869. The molecule has 0 atom stereocenters. The lowest BCUT2D eigenvalue weighted by Crippen LogP contribution is -2.33. The number of nitrogens with zero attached hydrogens (tertiary/aromatic N) is 2. The summed E-state index contributed by atoms with van der Waals surface area (Å²) in [6, 6.07) is 7.75. The first-order chi connectivity index (χ1) is 9.65. The Balaban J connectivity index is 1.95. The van der Waals surface area contributed by atoms with Crippen molar-refractivity contribution in [2.24, 2.45) is 0 Å². The van der Waals surface area contributed by atoms with Crippen molar-refractivity contribution in [1.82, 2.24) is 9.88 Å². The number of fused-ring (bicyclic) bond motifs is 1. The molecule has 5 heteroatoms. The lowest BCUT2D eigenvalue weighted by Gasteiger charge is -2.24. The van der Waals surface area contributed by atoms with Crippen LogP contribution in [0.2, 0.25) is 5.02 Å². The first-order valence-corrected chi connectivity index (χ1v) is 6.74. The van der Waals surface area contributed by atoms with Crippen LogP contribution in [0.5, 0.6) is 0 Å². The minimum Gasteiger partial charge on any atom is -0.465 e. The summed E-state index contributed by atoms with van der Waals surface area (Å²) in [5.74, 6) is 0. The van der Waals surface area contributed by atoms with Crippen molar-refractivity contribution in [3.63, 3.8) is 0 Å². The molecule has 0 fully saturated rings. The maximum atomic E-state index is 10.9. The van der Waals surface area contributed by atoms with Crippen molar-refractivity contribution in [3.8, 4) is 0 Å². The van der Waals surface area contributed by atoms with Gasteiger partial charge in [0.1, 0.15) is 0 Å². The van der Waals surface area contributed by atoms with Crippen molar-refractivity contribution >= 4 is 34.2 Å². The van der Waals surface area contributed by atoms with E-state index in [0.717, 1.165) is 28.5 Å². The van der Waals surface area contributed by atoms with E-state index in [4.69, 9.17) is 16.7 Å². The Morgan fingerprint density at radius 1 is 1.35 bits per heavy atom. The van der Waals surface area contributed by atoms with Gasteiger partial charge in [0.05, 0.1) is 10.5 Å². The van der Waals surface area contributed by atoms with E-state index in [1.807, 2.05) is 24.3 Å². The number of hydrogen-bond donors (Lipinski definition) is 1. The molecule has 2 aromatic rings. The van der Waals surface area contributed by atoms with Gasteiger partial charge in [-0.05, 0) is 35.8 Å². The number of aromatic nitrogens is 1. The lowest BCUT2D eigenvalue weighted by molar-refractivity contribution is 0.150. The fraction of sp³-hybridized carbons (Fsp3) is 0.200. The first kappa shape index (κ1) is 12.9. The third-order valence-electron chi connectivity index (χ3n) is 3.54. The van der Waals surface area contributed by atoms with Crippen LogP contribution in [0.15, 0.2) is 36.5 Å². The number of rotatable bonds is 1.